The van der Waals surface area contributed by atoms with Crippen LogP contribution < -0.4 is 0 Å². The van der Waals surface area contributed by atoms with Crippen LogP contribution >= 0.6 is 0 Å². The maximum absolute atomic E-state index is 12.1. The number of hydrogen-bond acceptors (Lipinski definition) is 3. The van der Waals surface area contributed by atoms with Crippen LogP contribution in [0.5, 0.6) is 0 Å². The van der Waals surface area contributed by atoms with Crippen LogP contribution in [0.4, 0.5) is 0 Å². The Bertz CT molecular complexity index is 477. The van der Waals surface area contributed by atoms with Gasteiger partial charge < -0.3 is 4.74 Å². The minimum Gasteiger partial charge on any atom is -0.466 e. The van der Waals surface area contributed by atoms with Crippen molar-refractivity contribution in [3.05, 3.63) is 35.9 Å². The van der Waals surface area contributed by atoms with Crippen LogP contribution in [0.2, 0.25) is 0 Å². The molecule has 3 heteroatoms. The molecule has 0 heterocycles. The normalized spacial score (nSPS) is 12.7. The van der Waals surface area contributed by atoms with Crippen molar-refractivity contribution in [2.24, 2.45) is 5.92 Å². The number of carbonyl (C=O) groups is 2. The Labute approximate surface area is 134 Å². The molecule has 0 fully saturated rings. The Balaban J connectivity index is 2.73. The van der Waals surface area contributed by atoms with E-state index in [0.717, 1.165) is 24.8 Å². The Kier molecular flexibility index (Phi) is 7.30. The van der Waals surface area contributed by atoms with Crippen molar-refractivity contribution in [3.63, 3.8) is 0 Å². The van der Waals surface area contributed by atoms with Gasteiger partial charge in [0.25, 0.3) is 0 Å². The molecule has 0 bridgehead atoms. The highest BCUT2D eigenvalue weighted by atomic mass is 16.5. The van der Waals surface area contributed by atoms with Gasteiger partial charge in [0.15, 0.2) is 0 Å². The van der Waals surface area contributed by atoms with Crippen LogP contribution in [-0.4, -0.2) is 18.4 Å². The van der Waals surface area contributed by atoms with E-state index in [1.54, 1.807) is 6.92 Å². The van der Waals surface area contributed by atoms with Crippen LogP contribution in [-0.2, 0) is 19.7 Å². The molecule has 0 aliphatic heterocycles. The second kappa shape index (κ2) is 8.72. The highest BCUT2D eigenvalue weighted by molar-refractivity contribution is 5.85. The largest absolute Gasteiger partial charge is 0.466 e. The second-order valence-electron chi connectivity index (χ2n) is 6.38. The summed E-state index contributed by atoms with van der Waals surface area (Å²) in [7, 11) is 0. The van der Waals surface area contributed by atoms with Crippen LogP contribution in [0.25, 0.3) is 0 Å². The molecule has 3 nitrogen and oxygen atoms in total. The van der Waals surface area contributed by atoms with Gasteiger partial charge in [-0.05, 0) is 24.3 Å². The van der Waals surface area contributed by atoms with Crippen molar-refractivity contribution < 1.29 is 14.3 Å². The lowest BCUT2D eigenvalue weighted by Crippen LogP contribution is -2.35. The molecule has 0 N–H and O–H groups in total. The monoisotopic (exact) mass is 304 g/mol. The van der Waals surface area contributed by atoms with Gasteiger partial charge >= 0.3 is 5.97 Å². The van der Waals surface area contributed by atoms with Gasteiger partial charge in [0.2, 0.25) is 0 Å². The van der Waals surface area contributed by atoms with Crippen molar-refractivity contribution in [2.45, 2.75) is 58.8 Å². The average Bonchev–Trinajstić information content (AvgIpc) is 2.49. The van der Waals surface area contributed by atoms with Crippen molar-refractivity contribution in [1.29, 1.82) is 0 Å². The lowest BCUT2D eigenvalue weighted by molar-refractivity contribution is -0.147. The molecular weight excluding hydrogens is 276 g/mol. The van der Waals surface area contributed by atoms with E-state index >= 15 is 0 Å². The number of ether oxygens (including phenoxy) is 1. The van der Waals surface area contributed by atoms with Gasteiger partial charge in [0.05, 0.1) is 13.0 Å². The number of Topliss-reactive ketones (excluding diaryl/α,β-unsaturated/α-hetero) is 1. The average molecular weight is 304 g/mol. The highest BCUT2D eigenvalue weighted by Gasteiger charge is 2.36. The molecule has 22 heavy (non-hydrogen) atoms. The van der Waals surface area contributed by atoms with Crippen molar-refractivity contribution in [2.75, 3.05) is 6.61 Å². The first-order valence-corrected chi connectivity index (χ1v) is 8.11. The summed E-state index contributed by atoms with van der Waals surface area (Å²) in [6.45, 7) is 8.14. The van der Waals surface area contributed by atoms with Crippen molar-refractivity contribution in [1.82, 2.24) is 0 Å². The predicted molar refractivity (Wildman–Crippen MR) is 88.7 cm³/mol. The second-order valence-corrected chi connectivity index (χ2v) is 6.38. The van der Waals surface area contributed by atoms with E-state index in [4.69, 9.17) is 4.74 Å². The lowest BCUT2D eigenvalue weighted by atomic mass is 9.70. The Morgan fingerprint density at radius 1 is 1.14 bits per heavy atom. The summed E-state index contributed by atoms with van der Waals surface area (Å²) < 4.78 is 5.26. The molecule has 0 radical (unpaired) electrons. The number of rotatable bonds is 9. The minimum absolute atomic E-state index is 0.0272. The zero-order chi connectivity index (χ0) is 16.6. The zero-order valence-electron chi connectivity index (χ0n) is 14.2. The number of carbonyl (C=O) groups excluding carboxylic acids is 2. The molecule has 0 amide bonds. The third-order valence-corrected chi connectivity index (χ3v) is 4.26. The van der Waals surface area contributed by atoms with Gasteiger partial charge in [-0.2, -0.15) is 0 Å². The standard InChI is InChI=1S/C19H28O3/c1-5-6-10-13-22-18(21)14-17(15(2)20)19(3,4)16-11-8-7-9-12-16/h7-9,11-12,17H,5-6,10,13-14H2,1-4H3. The van der Waals surface area contributed by atoms with Gasteiger partial charge in [-0.3, -0.25) is 9.59 Å². The minimum atomic E-state index is -0.393. The Hall–Kier alpha value is -1.64. The van der Waals surface area contributed by atoms with Crippen molar-refractivity contribution in [3.8, 4) is 0 Å². The summed E-state index contributed by atoms with van der Waals surface area (Å²) in [6, 6.07) is 9.87. The van der Waals surface area contributed by atoms with Gasteiger partial charge in [0, 0.05) is 5.92 Å². The SMILES string of the molecule is CCCCCOC(=O)CC(C(C)=O)C(C)(C)c1ccccc1. The summed E-state index contributed by atoms with van der Waals surface area (Å²) in [5, 5.41) is 0. The van der Waals surface area contributed by atoms with Gasteiger partial charge in [-0.1, -0.05) is 63.9 Å². The summed E-state index contributed by atoms with van der Waals surface area (Å²) in [5.74, 6) is -0.617. The molecule has 1 aromatic rings. The van der Waals surface area contributed by atoms with Crippen LogP contribution in [0.3, 0.4) is 0 Å². The van der Waals surface area contributed by atoms with Gasteiger partial charge in [-0.25, -0.2) is 0 Å². The molecule has 0 saturated carbocycles. The first kappa shape index (κ1) is 18.4. The molecule has 1 aromatic carbocycles. The zero-order valence-corrected chi connectivity index (χ0v) is 14.2. The molecule has 122 valence electrons. The van der Waals surface area contributed by atoms with Crippen LogP contribution in [0.1, 0.15) is 58.9 Å². The van der Waals surface area contributed by atoms with E-state index in [9.17, 15) is 9.59 Å². The summed E-state index contributed by atoms with van der Waals surface area (Å²) in [5.41, 5.74) is 0.671. The molecule has 0 spiro atoms. The quantitative estimate of drug-likeness (QED) is 0.505. The lowest BCUT2D eigenvalue weighted by Gasteiger charge is -2.32. The third kappa shape index (κ3) is 5.28. The fourth-order valence-electron chi connectivity index (χ4n) is 2.74. The first-order valence-electron chi connectivity index (χ1n) is 8.11. The third-order valence-electron chi connectivity index (χ3n) is 4.26. The molecule has 0 aliphatic rings. The number of esters is 1. The molecule has 1 atom stereocenters. The topological polar surface area (TPSA) is 43.4 Å². The predicted octanol–water partition coefficient (Wildman–Crippen LogP) is 4.29. The summed E-state index contributed by atoms with van der Waals surface area (Å²) >= 11 is 0. The maximum atomic E-state index is 12.1. The maximum Gasteiger partial charge on any atom is 0.306 e. The van der Waals surface area contributed by atoms with Gasteiger partial charge in [-0.15, -0.1) is 0 Å². The number of unbranched alkanes of at least 4 members (excludes halogenated alkanes) is 2. The Morgan fingerprint density at radius 3 is 2.32 bits per heavy atom. The van der Waals surface area contributed by atoms with E-state index in [1.165, 1.54) is 0 Å². The molecular formula is C19H28O3. The van der Waals surface area contributed by atoms with Crippen molar-refractivity contribution >= 4 is 11.8 Å². The van der Waals surface area contributed by atoms with Crippen LogP contribution in [0, 0.1) is 5.92 Å². The smallest absolute Gasteiger partial charge is 0.306 e. The number of hydrogen-bond donors (Lipinski definition) is 0. The van der Waals surface area contributed by atoms with Crippen LogP contribution in [0.15, 0.2) is 30.3 Å². The van der Waals surface area contributed by atoms with Gasteiger partial charge in [0.1, 0.15) is 5.78 Å². The molecule has 0 aliphatic carbocycles. The highest BCUT2D eigenvalue weighted by Crippen LogP contribution is 2.34. The fourth-order valence-corrected chi connectivity index (χ4v) is 2.74. The van der Waals surface area contributed by atoms with E-state index in [2.05, 4.69) is 6.92 Å². The molecule has 1 unspecified atom stereocenters. The number of ketones is 1. The van der Waals surface area contributed by atoms with E-state index in [-0.39, 0.29) is 24.1 Å². The molecule has 0 aromatic heterocycles. The van der Waals surface area contributed by atoms with E-state index in [0.29, 0.717) is 6.61 Å². The van der Waals surface area contributed by atoms with E-state index < -0.39 is 5.41 Å². The Morgan fingerprint density at radius 2 is 1.77 bits per heavy atom. The molecule has 1 rings (SSSR count). The van der Waals surface area contributed by atoms with E-state index in [1.807, 2.05) is 44.2 Å². The first-order chi connectivity index (χ1) is 10.4. The summed E-state index contributed by atoms with van der Waals surface area (Å²) in [4.78, 5) is 24.1. The molecule has 0 saturated heterocycles. The summed E-state index contributed by atoms with van der Waals surface area (Å²) in [6.07, 6.45) is 3.17. The number of benzene rings is 1. The fraction of sp³-hybridized carbons (Fsp3) is 0.579.